The molecule has 0 aliphatic carbocycles. The number of nitrogens with two attached hydrogens (primary N) is 2. The molecule has 0 saturated carbocycles. The van der Waals surface area contributed by atoms with Crippen LogP contribution in [-0.2, 0) is 14.3 Å². The van der Waals surface area contributed by atoms with E-state index >= 15 is 0 Å². The maximum atomic E-state index is 11.4. The number of carboxylic acid groups (broad SMARTS) is 1. The van der Waals surface area contributed by atoms with Crippen LogP contribution in [0.1, 0.15) is 20.3 Å². The molecule has 18 heavy (non-hydrogen) atoms. The van der Waals surface area contributed by atoms with E-state index in [1.807, 2.05) is 5.43 Å². The zero-order chi connectivity index (χ0) is 14.3. The zero-order valence-corrected chi connectivity index (χ0v) is 10.0. The van der Waals surface area contributed by atoms with Crippen molar-refractivity contribution in [2.75, 3.05) is 0 Å². The third kappa shape index (κ3) is 7.17. The minimum absolute atomic E-state index is 0.536. The van der Waals surface area contributed by atoms with Crippen molar-refractivity contribution in [2.24, 2.45) is 16.6 Å². The molecule has 0 radical (unpaired) electrons. The van der Waals surface area contributed by atoms with Gasteiger partial charge < -0.3 is 21.3 Å². The lowest BCUT2D eigenvalue weighted by Gasteiger charge is -2.22. The van der Waals surface area contributed by atoms with E-state index in [0.29, 0.717) is 0 Å². The van der Waals surface area contributed by atoms with E-state index in [9.17, 15) is 14.4 Å². The first-order chi connectivity index (χ1) is 8.14. The summed E-state index contributed by atoms with van der Waals surface area (Å²) in [6, 6.07) is -2.13. The predicted molar refractivity (Wildman–Crippen MR) is 61.6 cm³/mol. The highest BCUT2D eigenvalue weighted by atomic mass is 16.6. The molecule has 0 rings (SSSR count). The smallest absolute Gasteiger partial charge is 0.332 e. The summed E-state index contributed by atoms with van der Waals surface area (Å²) in [6.45, 7) is 2.95. The van der Waals surface area contributed by atoms with Gasteiger partial charge in [0, 0.05) is 0 Å². The van der Waals surface area contributed by atoms with Crippen LogP contribution in [0.2, 0.25) is 0 Å². The molecule has 0 spiro atoms. The van der Waals surface area contributed by atoms with E-state index in [1.54, 1.807) is 0 Å². The van der Waals surface area contributed by atoms with Gasteiger partial charge in [-0.25, -0.2) is 10.2 Å². The molecular formula is C9H16N4O5. The Labute approximate surface area is 103 Å². The quantitative estimate of drug-likeness (QED) is 0.266. The number of primary amides is 1. The number of urea groups is 1. The van der Waals surface area contributed by atoms with Crippen LogP contribution < -0.4 is 16.9 Å². The second-order valence-electron chi connectivity index (χ2n) is 3.96. The highest BCUT2D eigenvalue weighted by molar-refractivity contribution is 5.84. The van der Waals surface area contributed by atoms with E-state index in [-0.39, 0.29) is 0 Å². The van der Waals surface area contributed by atoms with Crippen molar-refractivity contribution in [1.82, 2.24) is 5.43 Å². The van der Waals surface area contributed by atoms with Crippen molar-refractivity contribution in [3.8, 4) is 0 Å². The number of carbonyl (C=O) groups is 3. The molecule has 0 aliphatic rings. The van der Waals surface area contributed by atoms with Crippen LogP contribution in [0, 0.1) is 0 Å². The summed E-state index contributed by atoms with van der Waals surface area (Å²) >= 11 is 0. The van der Waals surface area contributed by atoms with Gasteiger partial charge in [-0.15, -0.1) is 0 Å². The van der Waals surface area contributed by atoms with Crippen LogP contribution in [0.25, 0.3) is 0 Å². The number of amides is 2. The summed E-state index contributed by atoms with van der Waals surface area (Å²) in [5.74, 6) is -2.09. The van der Waals surface area contributed by atoms with Crippen LogP contribution in [0.3, 0.4) is 0 Å². The SMILES string of the molecule is CC(C)(C=NNC(N)=O)OC(=O)[C@@H](N)CC(=O)O. The Balaban J connectivity index is 4.38. The number of nitrogens with one attached hydrogen (secondary N) is 1. The molecule has 0 unspecified atom stereocenters. The molecule has 0 aromatic rings. The van der Waals surface area contributed by atoms with E-state index in [4.69, 9.17) is 21.3 Å². The molecule has 0 bridgehead atoms. The van der Waals surface area contributed by atoms with Gasteiger partial charge in [0.15, 0.2) is 0 Å². The molecule has 102 valence electrons. The highest BCUT2D eigenvalue weighted by Gasteiger charge is 2.26. The van der Waals surface area contributed by atoms with Crippen molar-refractivity contribution >= 4 is 24.2 Å². The Hall–Kier alpha value is -2.16. The third-order valence-corrected chi connectivity index (χ3v) is 1.61. The van der Waals surface area contributed by atoms with Crippen molar-refractivity contribution in [1.29, 1.82) is 0 Å². The van der Waals surface area contributed by atoms with Crippen LogP contribution in [-0.4, -0.2) is 40.9 Å². The number of carbonyl (C=O) groups excluding carboxylic acids is 2. The van der Waals surface area contributed by atoms with Crippen molar-refractivity contribution in [3.63, 3.8) is 0 Å². The lowest BCUT2D eigenvalue weighted by Crippen LogP contribution is -2.41. The molecule has 0 saturated heterocycles. The fourth-order valence-electron chi connectivity index (χ4n) is 0.884. The second kappa shape index (κ2) is 6.55. The second-order valence-corrected chi connectivity index (χ2v) is 3.96. The number of esters is 1. The Morgan fingerprint density at radius 1 is 1.50 bits per heavy atom. The number of ether oxygens (including phenoxy) is 1. The van der Waals surface area contributed by atoms with Gasteiger partial charge in [0.1, 0.15) is 11.6 Å². The lowest BCUT2D eigenvalue weighted by molar-refractivity contribution is -0.155. The normalized spacial score (nSPS) is 13.1. The monoisotopic (exact) mass is 260 g/mol. The van der Waals surface area contributed by atoms with Crippen molar-refractivity contribution < 1.29 is 24.2 Å². The topological polar surface area (TPSA) is 157 Å². The Bertz CT molecular complexity index is 366. The van der Waals surface area contributed by atoms with Gasteiger partial charge in [-0.2, -0.15) is 5.10 Å². The summed E-state index contributed by atoms with van der Waals surface area (Å²) in [7, 11) is 0. The largest absolute Gasteiger partial charge is 0.481 e. The fourth-order valence-corrected chi connectivity index (χ4v) is 0.884. The number of rotatable bonds is 6. The third-order valence-electron chi connectivity index (χ3n) is 1.61. The van der Waals surface area contributed by atoms with Crippen LogP contribution in [0.4, 0.5) is 4.79 Å². The molecule has 6 N–H and O–H groups in total. The zero-order valence-electron chi connectivity index (χ0n) is 10.0. The standard InChI is InChI=1S/C9H16N4O5/c1-9(2,4-12-13-8(11)17)18-7(16)5(10)3-6(14)15/h4-5H,3,10H2,1-2H3,(H,14,15)(H3,11,13,17)/t5-/m0/s1. The number of aliphatic carboxylic acids is 1. The average Bonchev–Trinajstić information content (AvgIpc) is 2.14. The predicted octanol–water partition coefficient (Wildman–Crippen LogP) is -1.24. The fraction of sp³-hybridized carbons (Fsp3) is 0.556. The number of hydrogen-bond donors (Lipinski definition) is 4. The first-order valence-corrected chi connectivity index (χ1v) is 4.94. The summed E-state index contributed by atoms with van der Waals surface area (Å²) in [4.78, 5) is 32.1. The van der Waals surface area contributed by atoms with Gasteiger partial charge >= 0.3 is 18.0 Å². The molecule has 0 fully saturated rings. The molecule has 0 heterocycles. The summed E-state index contributed by atoms with van der Waals surface area (Å²) in [6.07, 6.45) is 0.592. The molecule has 0 aromatic heterocycles. The molecule has 2 amide bonds. The van der Waals surface area contributed by atoms with Crippen LogP contribution in [0.15, 0.2) is 5.10 Å². The minimum Gasteiger partial charge on any atom is -0.481 e. The van der Waals surface area contributed by atoms with E-state index in [1.165, 1.54) is 13.8 Å². The maximum Gasteiger partial charge on any atom is 0.332 e. The lowest BCUT2D eigenvalue weighted by atomic mass is 10.1. The number of nitrogens with zero attached hydrogens (tertiary/aromatic N) is 1. The molecule has 1 atom stereocenters. The Morgan fingerprint density at radius 3 is 2.50 bits per heavy atom. The van der Waals surface area contributed by atoms with Gasteiger partial charge in [-0.3, -0.25) is 9.59 Å². The van der Waals surface area contributed by atoms with Crippen molar-refractivity contribution in [2.45, 2.75) is 31.9 Å². The van der Waals surface area contributed by atoms with Crippen LogP contribution in [0.5, 0.6) is 0 Å². The van der Waals surface area contributed by atoms with Gasteiger partial charge in [-0.05, 0) is 13.8 Å². The molecule has 9 nitrogen and oxygen atoms in total. The van der Waals surface area contributed by atoms with Gasteiger partial charge in [0.05, 0.1) is 12.6 Å². The number of hydrazone groups is 1. The molecule has 0 aliphatic heterocycles. The highest BCUT2D eigenvalue weighted by Crippen LogP contribution is 2.08. The number of carboxylic acids is 1. The molecule has 0 aromatic carbocycles. The van der Waals surface area contributed by atoms with Crippen molar-refractivity contribution in [3.05, 3.63) is 0 Å². The Morgan fingerprint density at radius 2 is 2.06 bits per heavy atom. The average molecular weight is 260 g/mol. The van der Waals surface area contributed by atoms with Gasteiger partial charge in [-0.1, -0.05) is 0 Å². The van der Waals surface area contributed by atoms with Gasteiger partial charge in [0.25, 0.3) is 0 Å². The molecule has 9 heteroatoms. The number of hydrogen-bond acceptors (Lipinski definition) is 6. The summed E-state index contributed by atoms with van der Waals surface area (Å²) < 4.78 is 4.91. The van der Waals surface area contributed by atoms with Crippen LogP contribution >= 0.6 is 0 Å². The molecular weight excluding hydrogens is 244 g/mol. The van der Waals surface area contributed by atoms with E-state index < -0.39 is 36.0 Å². The first kappa shape index (κ1) is 15.8. The van der Waals surface area contributed by atoms with E-state index in [2.05, 4.69) is 5.10 Å². The minimum atomic E-state index is -1.26. The van der Waals surface area contributed by atoms with Gasteiger partial charge in [0.2, 0.25) is 0 Å². The first-order valence-electron chi connectivity index (χ1n) is 4.94. The maximum absolute atomic E-state index is 11.4. The Kier molecular flexibility index (Phi) is 5.76. The summed E-state index contributed by atoms with van der Waals surface area (Å²) in [5.41, 5.74) is 10.9. The van der Waals surface area contributed by atoms with E-state index in [0.717, 1.165) is 6.21 Å². The summed E-state index contributed by atoms with van der Waals surface area (Å²) in [5, 5.41) is 11.9.